The van der Waals surface area contributed by atoms with Gasteiger partial charge in [0.2, 0.25) is 0 Å². The minimum Gasteiger partial charge on any atom is -0.373 e. The number of nitrogens with two attached hydrogens (primary N) is 1. The standard InChI is InChI=1S/C14H20N4O3/c1-14(8-15,10-4-5-10)17-11-7-9(13(19)16-2)3-6-12(11)18(20)21/h3,6-7,10,17H,4-5,8,15H2,1-2H3,(H,16,19). The Labute approximate surface area is 123 Å². The fourth-order valence-electron chi connectivity index (χ4n) is 2.43. The summed E-state index contributed by atoms with van der Waals surface area (Å²) in [5, 5.41) is 16.9. The molecule has 1 aromatic rings. The molecule has 114 valence electrons. The summed E-state index contributed by atoms with van der Waals surface area (Å²) < 4.78 is 0. The van der Waals surface area contributed by atoms with E-state index in [9.17, 15) is 14.9 Å². The number of hydrogen-bond acceptors (Lipinski definition) is 5. The van der Waals surface area contributed by atoms with Crippen molar-refractivity contribution in [2.45, 2.75) is 25.3 Å². The molecule has 0 heterocycles. The third-order valence-corrected chi connectivity index (χ3v) is 4.01. The summed E-state index contributed by atoms with van der Waals surface area (Å²) in [6, 6.07) is 4.29. The number of benzene rings is 1. The Kier molecular flexibility index (Phi) is 4.13. The van der Waals surface area contributed by atoms with Gasteiger partial charge in [0.15, 0.2) is 0 Å². The van der Waals surface area contributed by atoms with E-state index in [1.165, 1.54) is 25.2 Å². The quantitative estimate of drug-likeness (QED) is 0.543. The van der Waals surface area contributed by atoms with Crippen molar-refractivity contribution in [3.8, 4) is 0 Å². The van der Waals surface area contributed by atoms with Crippen LogP contribution in [0.4, 0.5) is 11.4 Å². The number of amides is 1. The molecule has 0 radical (unpaired) electrons. The zero-order chi connectivity index (χ0) is 15.6. The van der Waals surface area contributed by atoms with Gasteiger partial charge >= 0.3 is 0 Å². The van der Waals surface area contributed by atoms with E-state index in [0.717, 1.165) is 12.8 Å². The SMILES string of the molecule is CNC(=O)c1ccc([N+](=O)[O-])c(NC(C)(CN)C2CC2)c1. The number of rotatable bonds is 6. The van der Waals surface area contributed by atoms with E-state index in [-0.39, 0.29) is 11.6 Å². The zero-order valence-electron chi connectivity index (χ0n) is 12.2. The maximum Gasteiger partial charge on any atom is 0.292 e. The normalized spacial score (nSPS) is 16.9. The van der Waals surface area contributed by atoms with Gasteiger partial charge < -0.3 is 16.4 Å². The van der Waals surface area contributed by atoms with Crippen LogP contribution in [0.25, 0.3) is 0 Å². The van der Waals surface area contributed by atoms with Crippen LogP contribution in [0.5, 0.6) is 0 Å². The lowest BCUT2D eigenvalue weighted by molar-refractivity contribution is -0.384. The summed E-state index contributed by atoms with van der Waals surface area (Å²) in [5.41, 5.74) is 6.09. The molecule has 2 rings (SSSR count). The van der Waals surface area contributed by atoms with Gasteiger partial charge in [-0.1, -0.05) is 0 Å². The van der Waals surface area contributed by atoms with Gasteiger partial charge in [0.1, 0.15) is 5.69 Å². The second-order valence-corrected chi connectivity index (χ2v) is 5.59. The Morgan fingerprint density at radius 2 is 2.19 bits per heavy atom. The van der Waals surface area contributed by atoms with Crippen LogP contribution in [-0.4, -0.2) is 30.0 Å². The molecule has 0 aromatic heterocycles. The maximum atomic E-state index is 11.7. The Bertz CT molecular complexity index is 571. The van der Waals surface area contributed by atoms with E-state index >= 15 is 0 Å². The van der Waals surface area contributed by atoms with Crippen LogP contribution in [0.15, 0.2) is 18.2 Å². The summed E-state index contributed by atoms with van der Waals surface area (Å²) in [6.45, 7) is 2.33. The Morgan fingerprint density at radius 3 is 2.67 bits per heavy atom. The molecular formula is C14H20N4O3. The molecule has 7 nitrogen and oxygen atoms in total. The predicted octanol–water partition coefficient (Wildman–Crippen LogP) is 1.49. The van der Waals surface area contributed by atoms with Gasteiger partial charge in [0, 0.05) is 30.8 Å². The molecule has 4 N–H and O–H groups in total. The van der Waals surface area contributed by atoms with E-state index in [0.29, 0.717) is 23.7 Å². The second kappa shape index (κ2) is 5.69. The van der Waals surface area contributed by atoms with Gasteiger partial charge in [0.25, 0.3) is 11.6 Å². The average molecular weight is 292 g/mol. The van der Waals surface area contributed by atoms with Crippen LogP contribution in [-0.2, 0) is 0 Å². The van der Waals surface area contributed by atoms with Crippen LogP contribution >= 0.6 is 0 Å². The lowest BCUT2D eigenvalue weighted by Crippen LogP contribution is -2.44. The molecule has 1 aromatic carbocycles. The average Bonchev–Trinajstić information content (AvgIpc) is 3.30. The highest BCUT2D eigenvalue weighted by atomic mass is 16.6. The first kappa shape index (κ1) is 15.2. The molecule has 1 saturated carbocycles. The van der Waals surface area contributed by atoms with E-state index in [1.54, 1.807) is 0 Å². The highest BCUT2D eigenvalue weighted by Crippen LogP contribution is 2.42. The number of carbonyl (C=O) groups excluding carboxylic acids is 1. The first-order valence-electron chi connectivity index (χ1n) is 6.90. The van der Waals surface area contributed by atoms with Crippen molar-refractivity contribution in [2.75, 3.05) is 18.9 Å². The number of nitro benzene ring substituents is 1. The van der Waals surface area contributed by atoms with Crippen LogP contribution in [0.1, 0.15) is 30.1 Å². The van der Waals surface area contributed by atoms with E-state index in [1.807, 2.05) is 6.92 Å². The van der Waals surface area contributed by atoms with Crippen molar-refractivity contribution < 1.29 is 9.72 Å². The number of nitro groups is 1. The first-order chi connectivity index (χ1) is 9.91. The van der Waals surface area contributed by atoms with Crippen molar-refractivity contribution in [1.82, 2.24) is 5.32 Å². The molecule has 1 unspecified atom stereocenters. The third kappa shape index (κ3) is 3.13. The molecule has 0 bridgehead atoms. The van der Waals surface area contributed by atoms with Crippen LogP contribution in [0, 0.1) is 16.0 Å². The lowest BCUT2D eigenvalue weighted by Gasteiger charge is -2.30. The van der Waals surface area contributed by atoms with Crippen LogP contribution in [0.3, 0.4) is 0 Å². The van der Waals surface area contributed by atoms with Crippen molar-refractivity contribution in [3.05, 3.63) is 33.9 Å². The molecule has 0 saturated heterocycles. The summed E-state index contributed by atoms with van der Waals surface area (Å²) in [6.07, 6.45) is 2.12. The highest BCUT2D eigenvalue weighted by molar-refractivity contribution is 5.95. The van der Waals surface area contributed by atoms with Crippen molar-refractivity contribution in [2.24, 2.45) is 11.7 Å². The van der Waals surface area contributed by atoms with Gasteiger partial charge in [-0.3, -0.25) is 14.9 Å². The monoisotopic (exact) mass is 292 g/mol. The molecule has 0 aliphatic heterocycles. The molecule has 7 heteroatoms. The predicted molar refractivity (Wildman–Crippen MR) is 80.3 cm³/mol. The summed E-state index contributed by atoms with van der Waals surface area (Å²) in [7, 11) is 1.52. The van der Waals surface area contributed by atoms with Crippen molar-refractivity contribution in [3.63, 3.8) is 0 Å². The molecule has 0 spiro atoms. The molecule has 1 amide bonds. The van der Waals surface area contributed by atoms with E-state index in [4.69, 9.17) is 5.73 Å². The smallest absolute Gasteiger partial charge is 0.292 e. The fourth-order valence-corrected chi connectivity index (χ4v) is 2.43. The van der Waals surface area contributed by atoms with Gasteiger partial charge in [-0.15, -0.1) is 0 Å². The second-order valence-electron chi connectivity index (χ2n) is 5.59. The van der Waals surface area contributed by atoms with Crippen molar-refractivity contribution >= 4 is 17.3 Å². The maximum absolute atomic E-state index is 11.7. The van der Waals surface area contributed by atoms with E-state index in [2.05, 4.69) is 10.6 Å². The minimum atomic E-state index is -0.459. The number of hydrogen-bond donors (Lipinski definition) is 3. The Morgan fingerprint density at radius 1 is 1.52 bits per heavy atom. The Balaban J connectivity index is 2.38. The lowest BCUT2D eigenvalue weighted by atomic mass is 9.95. The van der Waals surface area contributed by atoms with Crippen LogP contribution in [0.2, 0.25) is 0 Å². The van der Waals surface area contributed by atoms with Gasteiger partial charge in [-0.05, 0) is 37.8 Å². The molecular weight excluding hydrogens is 272 g/mol. The number of carbonyl (C=O) groups is 1. The molecule has 1 aliphatic rings. The highest BCUT2D eigenvalue weighted by Gasteiger charge is 2.41. The third-order valence-electron chi connectivity index (χ3n) is 4.01. The molecule has 21 heavy (non-hydrogen) atoms. The number of anilines is 1. The Hall–Kier alpha value is -2.15. The first-order valence-corrected chi connectivity index (χ1v) is 6.90. The fraction of sp³-hybridized carbons (Fsp3) is 0.500. The van der Waals surface area contributed by atoms with Gasteiger partial charge in [-0.25, -0.2) is 0 Å². The van der Waals surface area contributed by atoms with Crippen LogP contribution < -0.4 is 16.4 Å². The molecule has 1 fully saturated rings. The van der Waals surface area contributed by atoms with Gasteiger partial charge in [-0.2, -0.15) is 0 Å². The number of nitrogens with one attached hydrogen (secondary N) is 2. The van der Waals surface area contributed by atoms with E-state index < -0.39 is 10.5 Å². The summed E-state index contributed by atoms with van der Waals surface area (Å²) in [5.74, 6) is 0.125. The zero-order valence-corrected chi connectivity index (χ0v) is 12.2. The summed E-state index contributed by atoms with van der Waals surface area (Å²) in [4.78, 5) is 22.4. The largest absolute Gasteiger partial charge is 0.373 e. The molecule has 1 aliphatic carbocycles. The van der Waals surface area contributed by atoms with Crippen molar-refractivity contribution in [1.29, 1.82) is 0 Å². The molecule has 1 atom stereocenters. The minimum absolute atomic E-state index is 0.0528. The van der Waals surface area contributed by atoms with Gasteiger partial charge in [0.05, 0.1) is 4.92 Å². The topological polar surface area (TPSA) is 110 Å². The summed E-state index contributed by atoms with van der Waals surface area (Å²) >= 11 is 0. The number of nitrogens with zero attached hydrogens (tertiary/aromatic N) is 1.